The summed E-state index contributed by atoms with van der Waals surface area (Å²) in [6.07, 6.45) is 4.30. The van der Waals surface area contributed by atoms with Crippen molar-refractivity contribution in [3.05, 3.63) is 29.8 Å². The molecule has 1 aromatic rings. The highest BCUT2D eigenvalue weighted by Crippen LogP contribution is 2.31. The molecule has 2 fully saturated rings. The highest BCUT2D eigenvalue weighted by atomic mass is 35.5. The first-order valence-electron chi connectivity index (χ1n) is 9.49. The van der Waals surface area contributed by atoms with Crippen LogP contribution in [0.25, 0.3) is 0 Å². The summed E-state index contributed by atoms with van der Waals surface area (Å²) in [5.41, 5.74) is 6.81. The molecule has 1 aliphatic carbocycles. The van der Waals surface area contributed by atoms with E-state index in [4.69, 9.17) is 5.73 Å². The van der Waals surface area contributed by atoms with E-state index >= 15 is 0 Å². The molecule has 8 heteroatoms. The van der Waals surface area contributed by atoms with Gasteiger partial charge in [0.05, 0.1) is 4.90 Å². The fourth-order valence-corrected chi connectivity index (χ4v) is 5.54. The minimum atomic E-state index is -3.45. The van der Waals surface area contributed by atoms with Gasteiger partial charge < -0.3 is 11.1 Å². The van der Waals surface area contributed by atoms with E-state index < -0.39 is 10.0 Å². The molecule has 6 nitrogen and oxygen atoms in total. The van der Waals surface area contributed by atoms with Gasteiger partial charge in [-0.3, -0.25) is 4.79 Å². The quantitative estimate of drug-likeness (QED) is 0.769. The fraction of sp³-hybridized carbons (Fsp3) is 0.632. The molecule has 152 valence electrons. The predicted molar refractivity (Wildman–Crippen MR) is 108 cm³/mol. The molecule has 3 N–H and O–H groups in total. The van der Waals surface area contributed by atoms with Crippen molar-refractivity contribution in [2.45, 2.75) is 50.0 Å². The van der Waals surface area contributed by atoms with Gasteiger partial charge in [0.25, 0.3) is 0 Å². The van der Waals surface area contributed by atoms with Crippen LogP contribution in [-0.2, 0) is 14.8 Å². The van der Waals surface area contributed by atoms with E-state index in [2.05, 4.69) is 5.32 Å². The number of nitrogens with one attached hydrogen (secondary N) is 1. The van der Waals surface area contributed by atoms with Crippen LogP contribution in [0.15, 0.2) is 29.2 Å². The number of amides is 1. The molecule has 0 unspecified atom stereocenters. The molecule has 1 aliphatic heterocycles. The Kier molecular flexibility index (Phi) is 7.68. The minimum absolute atomic E-state index is 0. The highest BCUT2D eigenvalue weighted by Gasteiger charge is 2.34. The van der Waals surface area contributed by atoms with Crippen molar-refractivity contribution in [3.8, 4) is 0 Å². The number of carbonyl (C=O) groups is 1. The molecule has 1 aromatic carbocycles. The third kappa shape index (κ3) is 5.02. The molecule has 1 heterocycles. The van der Waals surface area contributed by atoms with Crippen LogP contribution in [0, 0.1) is 18.8 Å². The Hall–Kier alpha value is -1.15. The van der Waals surface area contributed by atoms with Crippen LogP contribution in [0.4, 0.5) is 0 Å². The number of carbonyl (C=O) groups excluding carboxylic acids is 1. The molecule has 1 saturated heterocycles. The summed E-state index contributed by atoms with van der Waals surface area (Å²) in [5.74, 6) is 0.407. The second-order valence-corrected chi connectivity index (χ2v) is 9.47. The van der Waals surface area contributed by atoms with Gasteiger partial charge in [0, 0.05) is 25.0 Å². The molecule has 0 spiro atoms. The maximum atomic E-state index is 12.7. The fourth-order valence-electron chi connectivity index (χ4n) is 4.07. The van der Waals surface area contributed by atoms with Crippen molar-refractivity contribution in [3.63, 3.8) is 0 Å². The van der Waals surface area contributed by atoms with Gasteiger partial charge in [0.2, 0.25) is 15.9 Å². The third-order valence-electron chi connectivity index (χ3n) is 5.76. The van der Waals surface area contributed by atoms with Crippen molar-refractivity contribution in [2.24, 2.45) is 17.6 Å². The average molecular weight is 416 g/mol. The first-order chi connectivity index (χ1) is 12.4. The number of hydrogen-bond acceptors (Lipinski definition) is 4. The molecular formula is C19H30ClN3O3S. The molecule has 3 rings (SSSR count). The summed E-state index contributed by atoms with van der Waals surface area (Å²) >= 11 is 0. The van der Waals surface area contributed by atoms with Crippen LogP contribution >= 0.6 is 12.4 Å². The second kappa shape index (κ2) is 9.37. The smallest absolute Gasteiger partial charge is 0.243 e. The van der Waals surface area contributed by atoms with Crippen LogP contribution in [-0.4, -0.2) is 44.3 Å². The lowest BCUT2D eigenvalue weighted by Crippen LogP contribution is -2.48. The van der Waals surface area contributed by atoms with Crippen molar-refractivity contribution in [2.75, 3.05) is 19.6 Å². The topological polar surface area (TPSA) is 92.5 Å². The molecule has 1 saturated carbocycles. The van der Waals surface area contributed by atoms with Crippen molar-refractivity contribution < 1.29 is 13.2 Å². The molecule has 1 amide bonds. The van der Waals surface area contributed by atoms with E-state index in [1.54, 1.807) is 12.1 Å². The molecular weight excluding hydrogens is 386 g/mol. The number of halogens is 1. The maximum Gasteiger partial charge on any atom is 0.243 e. The third-order valence-corrected chi connectivity index (χ3v) is 7.67. The number of nitrogens with zero attached hydrogens (tertiary/aromatic N) is 1. The Balaban J connectivity index is 0.00000261. The van der Waals surface area contributed by atoms with Gasteiger partial charge in [-0.1, -0.05) is 24.1 Å². The number of nitrogens with two attached hydrogens (primary N) is 1. The first kappa shape index (κ1) is 22.1. The zero-order valence-electron chi connectivity index (χ0n) is 15.8. The number of rotatable bonds is 5. The van der Waals surface area contributed by atoms with Gasteiger partial charge >= 0.3 is 0 Å². The normalized spacial score (nSPS) is 24.4. The van der Waals surface area contributed by atoms with Crippen LogP contribution in [0.1, 0.15) is 37.7 Å². The summed E-state index contributed by atoms with van der Waals surface area (Å²) in [6, 6.07) is 6.99. The van der Waals surface area contributed by atoms with Crippen molar-refractivity contribution in [1.29, 1.82) is 0 Å². The van der Waals surface area contributed by atoms with Crippen molar-refractivity contribution >= 4 is 28.3 Å². The number of aryl methyl sites for hydroxylation is 1. The Morgan fingerprint density at radius 1 is 1.15 bits per heavy atom. The predicted octanol–water partition coefficient (Wildman–Crippen LogP) is 2.06. The largest absolute Gasteiger partial charge is 0.353 e. The van der Waals surface area contributed by atoms with E-state index in [-0.39, 0.29) is 36.2 Å². The Morgan fingerprint density at radius 3 is 2.37 bits per heavy atom. The highest BCUT2D eigenvalue weighted by molar-refractivity contribution is 7.89. The summed E-state index contributed by atoms with van der Waals surface area (Å²) in [5, 5.41) is 3.13. The first-order valence-corrected chi connectivity index (χ1v) is 10.9. The van der Waals surface area contributed by atoms with E-state index in [1.165, 1.54) is 4.31 Å². The van der Waals surface area contributed by atoms with Gasteiger partial charge in [0.1, 0.15) is 0 Å². The van der Waals surface area contributed by atoms with Crippen LogP contribution < -0.4 is 11.1 Å². The Morgan fingerprint density at radius 2 is 1.78 bits per heavy atom. The zero-order valence-corrected chi connectivity index (χ0v) is 17.4. The van der Waals surface area contributed by atoms with Gasteiger partial charge in [-0.2, -0.15) is 4.31 Å². The van der Waals surface area contributed by atoms with Gasteiger partial charge in [-0.15, -0.1) is 12.4 Å². The number of benzene rings is 1. The summed E-state index contributed by atoms with van der Waals surface area (Å²) < 4.78 is 27.0. The Labute approximate surface area is 168 Å². The molecule has 27 heavy (non-hydrogen) atoms. The minimum Gasteiger partial charge on any atom is -0.353 e. The number of hydrogen-bond donors (Lipinski definition) is 2. The Bertz CT molecular complexity index is 731. The summed E-state index contributed by atoms with van der Waals surface area (Å²) in [7, 11) is -3.45. The monoisotopic (exact) mass is 415 g/mol. The van der Waals surface area contributed by atoms with E-state index in [0.29, 0.717) is 37.4 Å². The lowest BCUT2D eigenvalue weighted by molar-refractivity contribution is -0.126. The molecule has 0 aromatic heterocycles. The average Bonchev–Trinajstić information content (AvgIpc) is 3.11. The maximum absolute atomic E-state index is 12.7. The lowest BCUT2D eigenvalue weighted by atomic mass is 9.94. The lowest BCUT2D eigenvalue weighted by Gasteiger charge is -2.32. The summed E-state index contributed by atoms with van der Waals surface area (Å²) in [4.78, 5) is 12.9. The van der Waals surface area contributed by atoms with Gasteiger partial charge in [-0.05, 0) is 57.2 Å². The van der Waals surface area contributed by atoms with Crippen LogP contribution in [0.5, 0.6) is 0 Å². The summed E-state index contributed by atoms with van der Waals surface area (Å²) in [6.45, 7) is 3.37. The van der Waals surface area contributed by atoms with Gasteiger partial charge in [-0.25, -0.2) is 8.42 Å². The SMILES string of the molecule is Cc1ccc(S(=O)(=O)N2CCC(NC(=O)[C@@H]3CCC[C@@H]3CN)CC2)cc1.Cl. The molecule has 2 atom stereocenters. The van der Waals surface area contributed by atoms with Gasteiger partial charge in [0.15, 0.2) is 0 Å². The molecule has 2 aliphatic rings. The van der Waals surface area contributed by atoms with E-state index in [0.717, 1.165) is 24.8 Å². The second-order valence-electron chi connectivity index (χ2n) is 7.53. The number of piperidine rings is 1. The number of sulfonamides is 1. The standard InChI is InChI=1S/C19H29N3O3S.ClH/c1-14-5-7-17(8-6-14)26(24,25)22-11-9-16(10-12-22)21-19(23)18-4-2-3-15(18)13-20;/h5-8,15-16,18H,2-4,9-13,20H2,1H3,(H,21,23);1H/t15-,18-;/m1./s1. The van der Waals surface area contributed by atoms with E-state index in [1.807, 2.05) is 19.1 Å². The molecule has 0 radical (unpaired) electrons. The van der Waals surface area contributed by atoms with Crippen LogP contribution in [0.3, 0.4) is 0 Å². The zero-order chi connectivity index (χ0) is 18.7. The van der Waals surface area contributed by atoms with Crippen LogP contribution in [0.2, 0.25) is 0 Å². The van der Waals surface area contributed by atoms with E-state index in [9.17, 15) is 13.2 Å². The van der Waals surface area contributed by atoms with Crippen molar-refractivity contribution in [1.82, 2.24) is 9.62 Å². The molecule has 0 bridgehead atoms.